The molecule has 6 amide bonds. The quantitative estimate of drug-likeness (QED) is 0.0170. The third-order valence-corrected chi connectivity index (χ3v) is 20.4. The summed E-state index contributed by atoms with van der Waals surface area (Å²) in [5.74, 6) is -11.7. The fraction of sp³-hybridized carbons (Fsp3) is 0.131. The molecule has 32 heteroatoms. The molecule has 0 fully saturated rings. The Morgan fingerprint density at radius 3 is 0.892 bits per heavy atom. The molecule has 12 aromatic carbocycles. The zero-order valence-electron chi connectivity index (χ0n) is 75.8. The van der Waals surface area contributed by atoms with Gasteiger partial charge in [0, 0.05) is 61.4 Å². The largest absolute Gasteiger partial charge is 0.479 e. The standard InChI is InChI=1S/C19H17NO5.C19H19NO4.C18H14N2O4.C18H17NO3.C17H15NO4.C16H13NO5/c1-11(21)13-7-8-14(17(9-13)12(2)22)10-20-18(23)15-5-3-4-6-16(15)19(24)25;1-13(21)6-7-14-8-10-15(11-9-14)12-20-18(22)16-4-2-3-5-17(16)19(23)24;1-11(21)15-4-2-3-5-16(15)17(22)20-10-13-7-6-12(18(23)24)8-14(13)9-19;1-12(2)14-9-7-13(8-10-14)11-19-17(20)15-5-3-4-6-16(15)18(21)22;1-11(19)13-8-6-12(7-9-13)10-18-16(20)14-4-2-3-5-15(14)17(21)22;18-14(11-8-4-5-9-12(11)15(19)20)17-13(16(21)22)10-6-2-1-3-7-10/h3-9H,10H2,1-2H3,(H,20,23)(H,24,25);2-5,8-11H,6-7,12H2,1H3,(H,20,22)(H,23,24);2-8H,10H2,1H3,(H,20,22)(H,23,24);3-10H,1,11H2,2H3,(H,19,20)(H,21,22);2-9H,10H2,1H3,(H,18,20)(H,21,22);1-9,13H,(H,17,18)(H,19,20)(H,21,22). The van der Waals surface area contributed by atoms with Crippen LogP contribution in [0.15, 0.2) is 292 Å². The third kappa shape index (κ3) is 32.9. The second-order valence-electron chi connectivity index (χ2n) is 30.4. The van der Waals surface area contributed by atoms with E-state index < -0.39 is 83.3 Å². The molecule has 12 aromatic rings. The van der Waals surface area contributed by atoms with Crippen LogP contribution in [0.1, 0.15) is 270 Å². The van der Waals surface area contributed by atoms with Crippen LogP contribution in [0.4, 0.5) is 0 Å². The van der Waals surface area contributed by atoms with Crippen molar-refractivity contribution in [1.29, 1.82) is 5.26 Å². The number of aromatic carboxylic acids is 6. The van der Waals surface area contributed by atoms with Gasteiger partial charge in [-0.05, 0) is 177 Å². The van der Waals surface area contributed by atoms with Gasteiger partial charge in [-0.25, -0.2) is 33.6 Å². The molecule has 0 heterocycles. The summed E-state index contributed by atoms with van der Waals surface area (Å²) in [5, 5.41) is 88.6. The molecule has 12 rings (SSSR count). The molecular formula is C107H95N7O25. The molecule has 0 radical (unpaired) electrons. The topological polar surface area (TPSA) is 545 Å². The predicted octanol–water partition coefficient (Wildman–Crippen LogP) is 15.8. The molecule has 32 nitrogen and oxygen atoms in total. The Bertz CT molecular complexity index is 6570. The number of ketones is 5. The molecule has 139 heavy (non-hydrogen) atoms. The first-order valence-corrected chi connectivity index (χ1v) is 42.2. The number of carbonyl (C=O) groups excluding carboxylic acids is 11. The number of rotatable bonds is 33. The number of amides is 6. The molecule has 708 valence electrons. The van der Waals surface area contributed by atoms with E-state index in [-0.39, 0.29) is 121 Å². The van der Waals surface area contributed by atoms with Crippen molar-refractivity contribution in [1.82, 2.24) is 31.9 Å². The van der Waals surface area contributed by atoms with Crippen molar-refractivity contribution >= 4 is 112 Å². The lowest BCUT2D eigenvalue weighted by atomic mass is 9.99. The van der Waals surface area contributed by atoms with Crippen molar-refractivity contribution in [3.8, 4) is 6.07 Å². The van der Waals surface area contributed by atoms with Crippen LogP contribution in [0.3, 0.4) is 0 Å². The van der Waals surface area contributed by atoms with Gasteiger partial charge in [-0.15, -0.1) is 0 Å². The smallest absolute Gasteiger partial charge is 0.336 e. The number of carbonyl (C=O) groups is 18. The van der Waals surface area contributed by atoms with Crippen molar-refractivity contribution in [2.24, 2.45) is 0 Å². The molecule has 0 aromatic heterocycles. The molecule has 0 aliphatic rings. The fourth-order valence-corrected chi connectivity index (χ4v) is 13.0. The summed E-state index contributed by atoms with van der Waals surface area (Å²) in [6.45, 7) is 14.0. The monoisotopic (exact) mass is 1880 g/mol. The second kappa shape index (κ2) is 53.1. The summed E-state index contributed by atoms with van der Waals surface area (Å²) in [6.07, 6.45) is 1.22. The molecule has 0 saturated heterocycles. The first-order chi connectivity index (χ1) is 66.2. The van der Waals surface area contributed by atoms with Crippen LogP contribution >= 0.6 is 0 Å². The summed E-state index contributed by atoms with van der Waals surface area (Å²) in [4.78, 5) is 208. The van der Waals surface area contributed by atoms with Crippen LogP contribution in [0.5, 0.6) is 0 Å². The van der Waals surface area contributed by atoms with Crippen LogP contribution in [0.2, 0.25) is 0 Å². The van der Waals surface area contributed by atoms with Gasteiger partial charge in [0.25, 0.3) is 35.4 Å². The van der Waals surface area contributed by atoms with E-state index in [9.17, 15) is 91.4 Å². The number of nitrogens with one attached hydrogen (secondary N) is 6. The highest BCUT2D eigenvalue weighted by molar-refractivity contribution is 6.10. The molecule has 0 spiro atoms. The minimum atomic E-state index is -1.25. The van der Waals surface area contributed by atoms with E-state index in [0.717, 1.165) is 33.4 Å². The molecule has 1 unspecified atom stereocenters. The predicted molar refractivity (Wildman–Crippen MR) is 511 cm³/mol. The first-order valence-electron chi connectivity index (χ1n) is 42.2. The molecule has 13 N–H and O–H groups in total. The van der Waals surface area contributed by atoms with Gasteiger partial charge < -0.3 is 72.4 Å². The number of hydrogen-bond donors (Lipinski definition) is 13. The number of carboxylic acids is 7. The Morgan fingerprint density at radius 1 is 0.281 bits per heavy atom. The van der Waals surface area contributed by atoms with Gasteiger partial charge in [0.15, 0.2) is 29.2 Å². The van der Waals surface area contributed by atoms with E-state index in [2.05, 4.69) is 38.5 Å². The van der Waals surface area contributed by atoms with Gasteiger partial charge in [0.05, 0.1) is 78.4 Å². The highest BCUT2D eigenvalue weighted by Gasteiger charge is 2.27. The second-order valence-corrected chi connectivity index (χ2v) is 30.4. The highest BCUT2D eigenvalue weighted by Crippen LogP contribution is 2.23. The Labute approximate surface area is 796 Å². The van der Waals surface area contributed by atoms with E-state index in [1.54, 1.807) is 140 Å². The number of aryl methyl sites for hydroxylation is 1. The summed E-state index contributed by atoms with van der Waals surface area (Å²) in [7, 11) is 0. The summed E-state index contributed by atoms with van der Waals surface area (Å²) >= 11 is 0. The van der Waals surface area contributed by atoms with Gasteiger partial charge in [-0.2, -0.15) is 5.26 Å². The van der Waals surface area contributed by atoms with Crippen molar-refractivity contribution in [3.63, 3.8) is 0 Å². The van der Waals surface area contributed by atoms with Crippen LogP contribution in [-0.4, -0.2) is 142 Å². The zero-order chi connectivity index (χ0) is 102. The maximum Gasteiger partial charge on any atom is 0.336 e. The Hall–Kier alpha value is -18.7. The Morgan fingerprint density at radius 2 is 0.568 bits per heavy atom. The Balaban J connectivity index is 0.000000227. The van der Waals surface area contributed by atoms with E-state index in [1.165, 1.54) is 131 Å². The zero-order valence-corrected chi connectivity index (χ0v) is 75.8. The van der Waals surface area contributed by atoms with Gasteiger partial charge in [0.2, 0.25) is 0 Å². The van der Waals surface area contributed by atoms with Crippen molar-refractivity contribution in [2.45, 2.75) is 93.1 Å². The first kappa shape index (κ1) is 107. The van der Waals surface area contributed by atoms with E-state index in [4.69, 9.17) is 35.9 Å². The number of Topliss-reactive ketones (excluding diaryl/α,β-unsaturated/α-hetero) is 5. The van der Waals surface area contributed by atoms with Crippen LogP contribution in [0.25, 0.3) is 5.57 Å². The van der Waals surface area contributed by atoms with E-state index >= 15 is 0 Å². The summed E-state index contributed by atoms with van der Waals surface area (Å²) in [6, 6.07) is 76.1. The number of aliphatic carboxylic acids is 1. The number of carboxylic acid groups (broad SMARTS) is 7. The average molecular weight is 1880 g/mol. The highest BCUT2D eigenvalue weighted by atomic mass is 16.4. The van der Waals surface area contributed by atoms with Gasteiger partial charge in [-0.1, -0.05) is 212 Å². The number of allylic oxidation sites excluding steroid dienone is 1. The number of benzene rings is 12. The SMILES string of the molecule is C=C(C)c1ccc(CNC(=O)c2ccccc2C(=O)O)cc1.CC(=O)CCc1ccc(CNC(=O)c2ccccc2C(=O)O)cc1.CC(=O)c1ccc(CNC(=O)c2ccccc2C(=O)O)c(C(C)=O)c1.CC(=O)c1ccc(CNC(=O)c2ccccc2C(=O)O)cc1.CC(=O)c1ccccc1C(=O)NCc1ccc(C(=O)O)cc1C#N.O=C(O)c1ccccc1C(=O)NC(C(=O)O)c1ccccc1. The minimum absolute atomic E-state index is 0.00219. The lowest BCUT2D eigenvalue weighted by Gasteiger charge is -2.15. The lowest BCUT2D eigenvalue weighted by Crippen LogP contribution is -2.34. The molecule has 0 bridgehead atoms. The molecular weight excluding hydrogens is 1780 g/mol. The maximum absolute atomic E-state index is 12.3. The third-order valence-electron chi connectivity index (χ3n) is 20.4. The lowest BCUT2D eigenvalue weighted by molar-refractivity contribution is -0.139. The molecule has 0 aliphatic heterocycles. The van der Waals surface area contributed by atoms with Crippen LogP contribution < -0.4 is 31.9 Å². The molecule has 0 saturated carbocycles. The number of nitriles is 1. The van der Waals surface area contributed by atoms with Crippen LogP contribution in [0, 0.1) is 11.3 Å². The minimum Gasteiger partial charge on any atom is -0.479 e. The molecule has 0 aliphatic carbocycles. The van der Waals surface area contributed by atoms with E-state index in [1.807, 2.05) is 61.5 Å². The van der Waals surface area contributed by atoms with Gasteiger partial charge in [0.1, 0.15) is 5.78 Å². The fourth-order valence-electron chi connectivity index (χ4n) is 13.0. The van der Waals surface area contributed by atoms with Crippen LogP contribution in [-0.2, 0) is 48.7 Å². The number of nitrogens with zero attached hydrogens (tertiary/aromatic N) is 1. The van der Waals surface area contributed by atoms with E-state index in [0.29, 0.717) is 64.9 Å². The Kier molecular flexibility index (Phi) is 41.0. The number of hydrogen-bond acceptors (Lipinski definition) is 19. The normalized spacial score (nSPS) is 10.3. The van der Waals surface area contributed by atoms with Gasteiger partial charge in [-0.3, -0.25) is 47.9 Å². The maximum atomic E-state index is 12.3. The average Bonchev–Trinajstić information content (AvgIpc) is 0.833. The van der Waals surface area contributed by atoms with Gasteiger partial charge >= 0.3 is 41.8 Å². The summed E-state index contributed by atoms with van der Waals surface area (Å²) in [5.41, 5.74) is 9.36. The summed E-state index contributed by atoms with van der Waals surface area (Å²) < 4.78 is 0. The van der Waals surface area contributed by atoms with Crippen molar-refractivity contribution in [2.75, 3.05) is 0 Å². The van der Waals surface area contributed by atoms with Crippen molar-refractivity contribution < 1.29 is 122 Å². The van der Waals surface area contributed by atoms with Crippen molar-refractivity contribution in [3.05, 3.63) is 431 Å². The molecule has 1 atom stereocenters.